The lowest BCUT2D eigenvalue weighted by molar-refractivity contribution is 0.0209. The number of sulfonamides is 1. The van der Waals surface area contributed by atoms with Crippen molar-refractivity contribution in [3.05, 3.63) is 27.7 Å². The molecule has 0 atom stereocenters. The summed E-state index contributed by atoms with van der Waals surface area (Å²) in [6.45, 7) is 3.84. The van der Waals surface area contributed by atoms with Crippen LogP contribution in [-0.4, -0.2) is 45.1 Å². The number of nitrogens with zero attached hydrogens (tertiary/aromatic N) is 1. The fraction of sp³-hybridized carbons (Fsp3) is 0.600. The lowest BCUT2D eigenvalue weighted by atomic mass is 10.1. The Morgan fingerprint density at radius 2 is 1.79 bits per heavy atom. The summed E-state index contributed by atoms with van der Waals surface area (Å²) in [7, 11) is -3.58. The van der Waals surface area contributed by atoms with Crippen LogP contribution in [0.3, 0.4) is 0 Å². The van der Waals surface area contributed by atoms with Crippen LogP contribution in [0.15, 0.2) is 17.0 Å². The van der Waals surface area contributed by atoms with Crippen molar-refractivity contribution in [2.75, 3.05) is 26.2 Å². The Morgan fingerprint density at radius 1 is 1.25 bits per heavy atom. The fourth-order valence-corrected chi connectivity index (χ4v) is 4.63. The number of piperidine rings is 1. The van der Waals surface area contributed by atoms with E-state index in [0.717, 1.165) is 6.42 Å². The van der Waals surface area contributed by atoms with Crippen molar-refractivity contribution in [1.82, 2.24) is 4.31 Å². The summed E-state index contributed by atoms with van der Waals surface area (Å²) in [4.78, 5) is 0.139. The lowest BCUT2D eigenvalue weighted by Crippen LogP contribution is -2.41. The van der Waals surface area contributed by atoms with Crippen molar-refractivity contribution < 1.29 is 13.2 Å². The van der Waals surface area contributed by atoms with Gasteiger partial charge in [-0.05, 0) is 50.4 Å². The van der Waals surface area contributed by atoms with Gasteiger partial charge in [-0.15, -0.1) is 12.4 Å². The monoisotopic (exact) mass is 416 g/mol. The number of nitrogens with two attached hydrogens (primary N) is 1. The number of halogens is 3. The quantitative estimate of drug-likeness (QED) is 0.721. The first-order chi connectivity index (χ1) is 10.9. The Morgan fingerprint density at radius 3 is 2.29 bits per heavy atom. The molecule has 1 fully saturated rings. The van der Waals surface area contributed by atoms with Gasteiger partial charge in [0.1, 0.15) is 0 Å². The molecule has 0 amide bonds. The van der Waals surface area contributed by atoms with Crippen molar-refractivity contribution in [1.29, 1.82) is 0 Å². The molecule has 1 aliphatic rings. The van der Waals surface area contributed by atoms with E-state index in [1.54, 1.807) is 6.92 Å². The Labute approximate surface area is 159 Å². The number of rotatable bonds is 6. The molecule has 1 aromatic carbocycles. The van der Waals surface area contributed by atoms with Gasteiger partial charge in [-0.1, -0.05) is 23.2 Å². The summed E-state index contributed by atoms with van der Waals surface area (Å²) in [5.41, 5.74) is 6.11. The summed E-state index contributed by atoms with van der Waals surface area (Å²) in [6.07, 6.45) is 2.27. The standard InChI is InChI=1S/C15H22Cl2N2O3S.ClH/c1-11-14(16)9-13(10-15(11)17)23(20,21)19-6-3-12(4-7-19)22-8-2-5-18;/h9-10,12H,2-8,18H2,1H3;1H. The zero-order valence-electron chi connectivity index (χ0n) is 13.5. The zero-order chi connectivity index (χ0) is 17.0. The summed E-state index contributed by atoms with van der Waals surface area (Å²) < 4.78 is 32.6. The van der Waals surface area contributed by atoms with E-state index in [0.29, 0.717) is 54.7 Å². The normalized spacial score (nSPS) is 16.8. The van der Waals surface area contributed by atoms with Crippen molar-refractivity contribution in [2.24, 2.45) is 5.73 Å². The molecule has 0 aliphatic carbocycles. The third-order valence-electron chi connectivity index (χ3n) is 4.00. The van der Waals surface area contributed by atoms with E-state index in [4.69, 9.17) is 33.7 Å². The maximum atomic E-state index is 12.7. The van der Waals surface area contributed by atoms with Gasteiger partial charge in [0, 0.05) is 29.7 Å². The van der Waals surface area contributed by atoms with Crippen LogP contribution in [0, 0.1) is 6.92 Å². The molecule has 5 nitrogen and oxygen atoms in total. The van der Waals surface area contributed by atoms with Crippen LogP contribution >= 0.6 is 35.6 Å². The second-order valence-electron chi connectivity index (χ2n) is 5.63. The Bertz CT molecular complexity index is 624. The van der Waals surface area contributed by atoms with Crippen molar-refractivity contribution in [3.8, 4) is 0 Å². The van der Waals surface area contributed by atoms with E-state index >= 15 is 0 Å². The predicted octanol–water partition coefficient (Wildman–Crippen LogP) is 3.24. The van der Waals surface area contributed by atoms with E-state index < -0.39 is 10.0 Å². The van der Waals surface area contributed by atoms with E-state index in [1.807, 2.05) is 0 Å². The first-order valence-corrected chi connectivity index (χ1v) is 9.83. The van der Waals surface area contributed by atoms with Crippen LogP contribution in [0.25, 0.3) is 0 Å². The summed E-state index contributed by atoms with van der Waals surface area (Å²) in [5.74, 6) is 0. The first kappa shape index (κ1) is 22.0. The average Bonchev–Trinajstić information content (AvgIpc) is 2.53. The molecule has 24 heavy (non-hydrogen) atoms. The summed E-state index contributed by atoms with van der Waals surface area (Å²) >= 11 is 12.1. The molecule has 9 heteroatoms. The van der Waals surface area contributed by atoms with Crippen LogP contribution in [0.4, 0.5) is 0 Å². The van der Waals surface area contributed by atoms with Gasteiger partial charge in [-0.25, -0.2) is 8.42 Å². The van der Waals surface area contributed by atoms with Crippen molar-refractivity contribution >= 4 is 45.6 Å². The highest BCUT2D eigenvalue weighted by Gasteiger charge is 2.30. The molecule has 2 rings (SSSR count). The zero-order valence-corrected chi connectivity index (χ0v) is 16.6. The molecule has 0 aromatic heterocycles. The minimum Gasteiger partial charge on any atom is -0.378 e. The minimum atomic E-state index is -3.58. The molecule has 0 spiro atoms. The van der Waals surface area contributed by atoms with Crippen LogP contribution in [0.5, 0.6) is 0 Å². The van der Waals surface area contributed by atoms with Crippen LogP contribution in [0.2, 0.25) is 10.0 Å². The third-order valence-corrected chi connectivity index (χ3v) is 6.66. The molecule has 1 saturated heterocycles. The van der Waals surface area contributed by atoms with E-state index in [2.05, 4.69) is 0 Å². The molecule has 0 unspecified atom stereocenters. The molecule has 1 aromatic rings. The first-order valence-electron chi connectivity index (χ1n) is 7.63. The van der Waals surface area contributed by atoms with Gasteiger partial charge < -0.3 is 10.5 Å². The van der Waals surface area contributed by atoms with E-state index in [-0.39, 0.29) is 23.4 Å². The Kier molecular flexibility index (Phi) is 8.76. The highest BCUT2D eigenvalue weighted by atomic mass is 35.5. The van der Waals surface area contributed by atoms with Gasteiger partial charge in [0.25, 0.3) is 0 Å². The molecular weight excluding hydrogens is 395 g/mol. The van der Waals surface area contributed by atoms with Crippen LogP contribution in [0.1, 0.15) is 24.8 Å². The van der Waals surface area contributed by atoms with Gasteiger partial charge in [0.05, 0.1) is 11.0 Å². The molecule has 0 bridgehead atoms. The SMILES string of the molecule is Cc1c(Cl)cc(S(=O)(=O)N2CCC(OCCCN)CC2)cc1Cl.Cl. The van der Waals surface area contributed by atoms with Crippen molar-refractivity contribution in [3.63, 3.8) is 0 Å². The van der Waals surface area contributed by atoms with Gasteiger partial charge in [-0.2, -0.15) is 4.31 Å². The second-order valence-corrected chi connectivity index (χ2v) is 8.38. The smallest absolute Gasteiger partial charge is 0.243 e. The highest BCUT2D eigenvalue weighted by molar-refractivity contribution is 7.89. The molecule has 1 heterocycles. The predicted molar refractivity (Wildman–Crippen MR) is 99.9 cm³/mol. The molecule has 0 radical (unpaired) electrons. The molecular formula is C15H23Cl3N2O3S. The van der Waals surface area contributed by atoms with Gasteiger partial charge in [0.15, 0.2) is 0 Å². The largest absolute Gasteiger partial charge is 0.378 e. The Balaban J connectivity index is 0.00000288. The molecule has 1 aliphatic heterocycles. The van der Waals surface area contributed by atoms with Gasteiger partial charge in [0.2, 0.25) is 10.0 Å². The Hall–Kier alpha value is -0.0800. The second kappa shape index (κ2) is 9.57. The minimum absolute atomic E-state index is 0. The molecule has 138 valence electrons. The maximum Gasteiger partial charge on any atom is 0.243 e. The highest BCUT2D eigenvalue weighted by Crippen LogP contribution is 2.30. The summed E-state index contributed by atoms with van der Waals surface area (Å²) in [5, 5.41) is 0.715. The fourth-order valence-electron chi connectivity index (χ4n) is 2.49. The molecule has 2 N–H and O–H groups in total. The van der Waals surface area contributed by atoms with Crippen LogP contribution in [-0.2, 0) is 14.8 Å². The maximum absolute atomic E-state index is 12.7. The van der Waals surface area contributed by atoms with Crippen LogP contribution < -0.4 is 5.73 Å². The number of hydrogen-bond donors (Lipinski definition) is 1. The number of hydrogen-bond acceptors (Lipinski definition) is 4. The van der Waals surface area contributed by atoms with E-state index in [1.165, 1.54) is 16.4 Å². The summed E-state index contributed by atoms with van der Waals surface area (Å²) in [6, 6.07) is 2.92. The topological polar surface area (TPSA) is 72.6 Å². The van der Waals surface area contributed by atoms with E-state index in [9.17, 15) is 8.42 Å². The lowest BCUT2D eigenvalue weighted by Gasteiger charge is -2.31. The van der Waals surface area contributed by atoms with Gasteiger partial charge in [-0.3, -0.25) is 0 Å². The third kappa shape index (κ3) is 5.21. The van der Waals surface area contributed by atoms with Gasteiger partial charge >= 0.3 is 0 Å². The van der Waals surface area contributed by atoms with Crippen molar-refractivity contribution in [2.45, 2.75) is 37.2 Å². The number of benzene rings is 1. The molecule has 0 saturated carbocycles. The number of ether oxygens (including phenoxy) is 1. The average molecular weight is 418 g/mol.